The van der Waals surface area contributed by atoms with Gasteiger partial charge in [-0.1, -0.05) is 15.9 Å². The van der Waals surface area contributed by atoms with Crippen LogP contribution in [0.3, 0.4) is 0 Å². The van der Waals surface area contributed by atoms with Gasteiger partial charge in [0.1, 0.15) is 10.4 Å². The molecule has 0 spiro atoms. The first kappa shape index (κ1) is 12.9. The van der Waals surface area contributed by atoms with E-state index in [0.717, 1.165) is 33.5 Å². The first-order valence-corrected chi connectivity index (χ1v) is 7.62. The summed E-state index contributed by atoms with van der Waals surface area (Å²) in [5.41, 5.74) is 2.18. The largest absolute Gasteiger partial charge is 0.493 e. The second-order valence-electron chi connectivity index (χ2n) is 4.36. The van der Waals surface area contributed by atoms with Crippen molar-refractivity contribution in [2.75, 3.05) is 11.9 Å². The molecular weight excluding hydrogens is 372 g/mol. The molecule has 1 aliphatic rings. The molecule has 0 radical (unpaired) electrons. The number of fused-ring (bicyclic) bond motifs is 1. The fraction of sp³-hybridized carbons (Fsp3) is 0.214. The molecule has 0 saturated heterocycles. The summed E-state index contributed by atoms with van der Waals surface area (Å²) in [5.74, 6) is 0.951. The number of nitrogens with one attached hydrogen (secondary N) is 1. The molecule has 19 heavy (non-hydrogen) atoms. The zero-order valence-electron chi connectivity index (χ0n) is 10.1. The minimum atomic E-state index is 0.238. The van der Waals surface area contributed by atoms with Gasteiger partial charge in [-0.25, -0.2) is 4.98 Å². The summed E-state index contributed by atoms with van der Waals surface area (Å²) in [4.78, 5) is 4.23. The van der Waals surface area contributed by atoms with E-state index < -0.39 is 0 Å². The van der Waals surface area contributed by atoms with Crippen LogP contribution in [-0.4, -0.2) is 11.6 Å². The van der Waals surface area contributed by atoms with Crippen molar-refractivity contribution in [3.05, 3.63) is 51.2 Å². The maximum absolute atomic E-state index is 5.69. The van der Waals surface area contributed by atoms with Gasteiger partial charge in [-0.2, -0.15) is 0 Å². The van der Waals surface area contributed by atoms with Gasteiger partial charge in [-0.3, -0.25) is 0 Å². The van der Waals surface area contributed by atoms with E-state index in [4.69, 9.17) is 4.74 Å². The molecule has 3 nitrogen and oxygen atoms in total. The van der Waals surface area contributed by atoms with E-state index in [9.17, 15) is 0 Å². The Bertz CT molecular complexity index is 604. The molecule has 1 unspecified atom stereocenters. The first-order chi connectivity index (χ1) is 9.24. The molecular formula is C14H12Br2N2O. The predicted molar refractivity (Wildman–Crippen MR) is 82.6 cm³/mol. The number of ether oxygens (including phenoxy) is 1. The van der Waals surface area contributed by atoms with Crippen LogP contribution in [0.1, 0.15) is 18.0 Å². The summed E-state index contributed by atoms with van der Waals surface area (Å²) >= 11 is 6.98. The molecule has 0 fully saturated rings. The lowest BCUT2D eigenvalue weighted by atomic mass is 10.0. The molecule has 5 heteroatoms. The van der Waals surface area contributed by atoms with Gasteiger partial charge < -0.3 is 10.1 Å². The lowest BCUT2D eigenvalue weighted by Crippen LogP contribution is -2.20. The molecule has 0 bridgehead atoms. The van der Waals surface area contributed by atoms with Crippen molar-refractivity contribution in [3.8, 4) is 5.75 Å². The van der Waals surface area contributed by atoms with Crippen LogP contribution in [0.4, 0.5) is 5.69 Å². The van der Waals surface area contributed by atoms with Gasteiger partial charge in [-0.05, 0) is 46.3 Å². The number of rotatable bonds is 2. The van der Waals surface area contributed by atoms with Crippen LogP contribution >= 0.6 is 31.9 Å². The van der Waals surface area contributed by atoms with Crippen molar-refractivity contribution in [1.29, 1.82) is 0 Å². The number of halogens is 2. The smallest absolute Gasteiger partial charge is 0.129 e. The Morgan fingerprint density at radius 3 is 3.00 bits per heavy atom. The Morgan fingerprint density at radius 1 is 1.26 bits per heavy atom. The van der Waals surface area contributed by atoms with Gasteiger partial charge in [0.2, 0.25) is 0 Å². The van der Waals surface area contributed by atoms with E-state index in [0.29, 0.717) is 0 Å². The Labute approximate surface area is 128 Å². The average molecular weight is 384 g/mol. The Balaban J connectivity index is 1.92. The van der Waals surface area contributed by atoms with Crippen molar-refractivity contribution in [3.63, 3.8) is 0 Å². The van der Waals surface area contributed by atoms with E-state index in [1.165, 1.54) is 5.56 Å². The van der Waals surface area contributed by atoms with Gasteiger partial charge in [0, 0.05) is 22.7 Å². The van der Waals surface area contributed by atoms with E-state index >= 15 is 0 Å². The summed E-state index contributed by atoms with van der Waals surface area (Å²) in [5, 5.41) is 3.52. The first-order valence-electron chi connectivity index (χ1n) is 6.03. The molecule has 1 N–H and O–H groups in total. The zero-order chi connectivity index (χ0) is 13.2. The highest BCUT2D eigenvalue weighted by atomic mass is 79.9. The monoisotopic (exact) mass is 382 g/mol. The highest BCUT2D eigenvalue weighted by Crippen LogP contribution is 2.36. The average Bonchev–Trinajstić information content (AvgIpc) is 2.42. The van der Waals surface area contributed by atoms with Gasteiger partial charge in [0.25, 0.3) is 0 Å². The van der Waals surface area contributed by atoms with Crippen molar-refractivity contribution >= 4 is 37.5 Å². The second-order valence-corrected chi connectivity index (χ2v) is 6.02. The number of aromatic nitrogens is 1. The number of anilines is 1. The molecule has 2 aromatic rings. The zero-order valence-corrected chi connectivity index (χ0v) is 13.2. The lowest BCUT2D eigenvalue weighted by molar-refractivity contribution is 0.274. The van der Waals surface area contributed by atoms with Crippen LogP contribution < -0.4 is 10.1 Å². The minimum absolute atomic E-state index is 0.238. The molecule has 1 aliphatic heterocycles. The molecule has 2 heterocycles. The second kappa shape index (κ2) is 5.51. The number of nitrogens with zero attached hydrogens (tertiary/aromatic N) is 1. The molecule has 0 aliphatic carbocycles. The highest BCUT2D eigenvalue weighted by Gasteiger charge is 2.22. The predicted octanol–water partition coefficient (Wildman–Crippen LogP) is 4.54. The lowest BCUT2D eigenvalue weighted by Gasteiger charge is -2.27. The van der Waals surface area contributed by atoms with Crippen molar-refractivity contribution in [2.24, 2.45) is 0 Å². The van der Waals surface area contributed by atoms with Crippen LogP contribution in [0.2, 0.25) is 0 Å². The summed E-state index contributed by atoms with van der Waals surface area (Å²) in [6.07, 6.45) is 2.70. The molecule has 3 rings (SSSR count). The van der Waals surface area contributed by atoms with E-state index in [-0.39, 0.29) is 6.04 Å². The number of benzene rings is 1. The SMILES string of the molecule is Brc1ccc2c(c1)C(Nc1cccnc1Br)CCO2. The molecule has 1 atom stereocenters. The maximum Gasteiger partial charge on any atom is 0.129 e. The Kier molecular flexibility index (Phi) is 3.75. The molecule has 1 aromatic heterocycles. The van der Waals surface area contributed by atoms with Crippen LogP contribution in [0.25, 0.3) is 0 Å². The van der Waals surface area contributed by atoms with Crippen LogP contribution in [0, 0.1) is 0 Å². The summed E-state index contributed by atoms with van der Waals surface area (Å²) in [6.45, 7) is 0.726. The number of pyridine rings is 1. The molecule has 98 valence electrons. The molecule has 1 aromatic carbocycles. The normalized spacial score (nSPS) is 17.5. The van der Waals surface area contributed by atoms with E-state index in [1.807, 2.05) is 24.3 Å². The third-order valence-electron chi connectivity index (χ3n) is 3.10. The Morgan fingerprint density at radius 2 is 2.16 bits per heavy atom. The van der Waals surface area contributed by atoms with Gasteiger partial charge in [0.05, 0.1) is 18.3 Å². The molecule has 0 amide bonds. The minimum Gasteiger partial charge on any atom is -0.493 e. The van der Waals surface area contributed by atoms with Gasteiger partial charge >= 0.3 is 0 Å². The van der Waals surface area contributed by atoms with Crippen molar-refractivity contribution < 1.29 is 4.74 Å². The maximum atomic E-state index is 5.69. The van der Waals surface area contributed by atoms with Crippen molar-refractivity contribution in [2.45, 2.75) is 12.5 Å². The van der Waals surface area contributed by atoms with Gasteiger partial charge in [0.15, 0.2) is 0 Å². The number of hydrogen-bond acceptors (Lipinski definition) is 3. The summed E-state index contributed by atoms with van der Waals surface area (Å²) in [6, 6.07) is 10.3. The van der Waals surface area contributed by atoms with Crippen LogP contribution in [0.15, 0.2) is 45.6 Å². The topological polar surface area (TPSA) is 34.2 Å². The van der Waals surface area contributed by atoms with Crippen LogP contribution in [0.5, 0.6) is 5.75 Å². The fourth-order valence-corrected chi connectivity index (χ4v) is 2.94. The highest BCUT2D eigenvalue weighted by molar-refractivity contribution is 9.10. The summed E-state index contributed by atoms with van der Waals surface area (Å²) in [7, 11) is 0. The standard InChI is InChI=1S/C14H12Br2N2O/c15-9-3-4-13-10(8-9)11(5-7-19-13)18-12-2-1-6-17-14(12)16/h1-4,6,8,11,18H,5,7H2. The summed E-state index contributed by atoms with van der Waals surface area (Å²) < 4.78 is 7.58. The Hall–Kier alpha value is -1.07. The van der Waals surface area contributed by atoms with Crippen molar-refractivity contribution in [1.82, 2.24) is 4.98 Å². The third kappa shape index (κ3) is 2.77. The molecule has 0 saturated carbocycles. The van der Waals surface area contributed by atoms with E-state index in [2.05, 4.69) is 48.2 Å². The quantitative estimate of drug-likeness (QED) is 0.773. The van der Waals surface area contributed by atoms with E-state index in [1.54, 1.807) is 6.20 Å². The third-order valence-corrected chi connectivity index (χ3v) is 4.23. The van der Waals surface area contributed by atoms with Gasteiger partial charge in [-0.15, -0.1) is 0 Å². The van der Waals surface area contributed by atoms with Crippen LogP contribution in [-0.2, 0) is 0 Å². The fourth-order valence-electron chi connectivity index (χ4n) is 2.20. The number of hydrogen-bond donors (Lipinski definition) is 1.